The molecule has 2 aromatic rings. The van der Waals surface area contributed by atoms with Gasteiger partial charge in [0.2, 0.25) is 10.0 Å². The number of hydrogen-bond acceptors (Lipinski definition) is 7. The predicted molar refractivity (Wildman–Crippen MR) is 147 cm³/mol. The summed E-state index contributed by atoms with van der Waals surface area (Å²) in [5.74, 6) is 0.647. The molecule has 0 amide bonds. The van der Waals surface area contributed by atoms with Crippen LogP contribution < -0.4 is 14.2 Å². The molecule has 2 heterocycles. The Morgan fingerprint density at radius 1 is 1.21 bits per heavy atom. The molecule has 2 N–H and O–H groups in total. The minimum absolute atomic E-state index is 0.101. The third-order valence-electron chi connectivity index (χ3n) is 9.39. The van der Waals surface area contributed by atoms with Gasteiger partial charge in [0.05, 0.1) is 22.8 Å². The Balaban J connectivity index is 1.38. The minimum Gasteiger partial charge on any atom is -0.483 e. The molecule has 6 rings (SSSR count). The molecule has 2 fully saturated rings. The summed E-state index contributed by atoms with van der Waals surface area (Å²) >= 11 is 0. The Labute approximate surface area is 230 Å². The number of esters is 1. The summed E-state index contributed by atoms with van der Waals surface area (Å²) in [4.78, 5) is 14.1. The van der Waals surface area contributed by atoms with Crippen LogP contribution in [0, 0.1) is 5.92 Å². The van der Waals surface area contributed by atoms with Gasteiger partial charge in [-0.2, -0.15) is 0 Å². The second kappa shape index (κ2) is 9.29. The van der Waals surface area contributed by atoms with E-state index in [-0.39, 0.29) is 11.8 Å². The number of carbonyl (C=O) groups excluding carboxylic acids is 1. The van der Waals surface area contributed by atoms with Gasteiger partial charge in [0.25, 0.3) is 0 Å². The van der Waals surface area contributed by atoms with Crippen LogP contribution in [-0.4, -0.2) is 61.8 Å². The van der Waals surface area contributed by atoms with Crippen molar-refractivity contribution in [3.05, 3.63) is 58.7 Å². The van der Waals surface area contributed by atoms with Gasteiger partial charge >= 0.3 is 5.97 Å². The Morgan fingerprint density at radius 3 is 2.67 bits per heavy atom. The zero-order valence-electron chi connectivity index (χ0n) is 23.1. The molecule has 1 saturated heterocycles. The lowest BCUT2D eigenvalue weighted by Gasteiger charge is -2.63. The van der Waals surface area contributed by atoms with Crippen LogP contribution in [0.1, 0.15) is 62.3 Å². The number of nitrogens with one attached hydrogen (secondary N) is 1. The summed E-state index contributed by atoms with van der Waals surface area (Å²) in [7, 11) is -1.68. The lowest BCUT2D eigenvalue weighted by atomic mass is 9.48. The molecule has 0 radical (unpaired) electrons. The van der Waals surface area contributed by atoms with Gasteiger partial charge in [-0.3, -0.25) is 4.79 Å². The summed E-state index contributed by atoms with van der Waals surface area (Å²) < 4.78 is 42.4. The molecule has 1 spiro atoms. The highest BCUT2D eigenvalue weighted by molar-refractivity contribution is 7.88. The first-order valence-corrected chi connectivity index (χ1v) is 15.6. The molecular weight excluding hydrogens is 516 g/mol. The van der Waals surface area contributed by atoms with E-state index in [9.17, 15) is 18.3 Å². The van der Waals surface area contributed by atoms with Gasteiger partial charge in [-0.1, -0.05) is 44.2 Å². The lowest BCUT2D eigenvalue weighted by Crippen LogP contribution is -2.77. The zero-order valence-corrected chi connectivity index (χ0v) is 23.9. The standard InChI is InChI=1S/C30H38N2O6S/c1-18(2)15-20-7-5-6-8-22(20)17-39(35,36)31-23-11-12-30(34)25-16-21-9-10-24(37-19(3)33)27-26(21)29(30,28(23)38-27)13-14-32(25)4/h5-10,18,23,25,28,31,34H,11-17H2,1-4H3/t23-,25+,28-,29-,30+/m0/s1. The summed E-state index contributed by atoms with van der Waals surface area (Å²) in [5, 5.41) is 12.4. The van der Waals surface area contributed by atoms with Gasteiger partial charge in [0.1, 0.15) is 6.10 Å². The molecule has 8 nitrogen and oxygen atoms in total. The summed E-state index contributed by atoms with van der Waals surface area (Å²) in [6, 6.07) is 10.8. The maximum atomic E-state index is 13.6. The van der Waals surface area contributed by atoms with E-state index >= 15 is 0 Å². The molecule has 2 aromatic carbocycles. The molecule has 4 aliphatic rings. The highest BCUT2D eigenvalue weighted by Gasteiger charge is 2.72. The molecule has 9 heteroatoms. The van der Waals surface area contributed by atoms with E-state index in [0.29, 0.717) is 43.1 Å². The number of ether oxygens (including phenoxy) is 2. The van der Waals surface area contributed by atoms with E-state index in [2.05, 4.69) is 23.5 Å². The quantitative estimate of drug-likeness (QED) is 0.400. The number of rotatable bonds is 7. The van der Waals surface area contributed by atoms with Crippen LogP contribution in [-0.2, 0) is 38.8 Å². The number of hydrogen-bond donors (Lipinski definition) is 2. The van der Waals surface area contributed by atoms with Crippen LogP contribution in [0.15, 0.2) is 36.4 Å². The van der Waals surface area contributed by atoms with E-state index in [1.54, 1.807) is 6.07 Å². The first-order valence-electron chi connectivity index (χ1n) is 14.0. The van der Waals surface area contributed by atoms with Gasteiger partial charge in [0, 0.05) is 18.5 Å². The van der Waals surface area contributed by atoms with E-state index < -0.39 is 39.2 Å². The molecule has 39 heavy (non-hydrogen) atoms. The number of carbonyl (C=O) groups is 1. The second-order valence-corrected chi connectivity index (χ2v) is 14.0. The Bertz CT molecular complexity index is 1420. The number of likely N-dealkylation sites (tertiary alicyclic amines) is 1. The number of likely N-dealkylation sites (N-methyl/N-ethyl adjacent to an activating group) is 1. The van der Waals surface area contributed by atoms with E-state index in [4.69, 9.17) is 9.47 Å². The van der Waals surface area contributed by atoms with Crippen molar-refractivity contribution in [2.45, 2.75) is 87.8 Å². The lowest BCUT2D eigenvalue weighted by molar-refractivity contribution is -0.185. The summed E-state index contributed by atoms with van der Waals surface area (Å²) in [6.45, 7) is 6.35. The Morgan fingerprint density at radius 2 is 1.95 bits per heavy atom. The Hall–Kier alpha value is -2.46. The molecule has 0 aromatic heterocycles. The summed E-state index contributed by atoms with van der Waals surface area (Å²) in [5.41, 5.74) is 1.93. The number of benzene rings is 2. The maximum absolute atomic E-state index is 13.6. The van der Waals surface area contributed by atoms with Crippen molar-refractivity contribution in [2.75, 3.05) is 13.6 Å². The van der Waals surface area contributed by atoms with Crippen LogP contribution in [0.4, 0.5) is 0 Å². The van der Waals surface area contributed by atoms with Gasteiger partial charge in [-0.25, -0.2) is 13.1 Å². The van der Waals surface area contributed by atoms with Gasteiger partial charge < -0.3 is 19.5 Å². The third kappa shape index (κ3) is 4.12. The minimum atomic E-state index is -3.73. The number of aliphatic hydroxyl groups is 1. The second-order valence-electron chi connectivity index (χ2n) is 12.3. The Kier molecular flexibility index (Phi) is 6.37. The first kappa shape index (κ1) is 26.7. The molecule has 0 unspecified atom stereocenters. The number of piperidine rings is 1. The largest absolute Gasteiger partial charge is 0.483 e. The predicted octanol–water partition coefficient (Wildman–Crippen LogP) is 3.08. The highest BCUT2D eigenvalue weighted by atomic mass is 32.2. The van der Waals surface area contributed by atoms with Crippen LogP contribution in [0.25, 0.3) is 0 Å². The average Bonchev–Trinajstić information content (AvgIpc) is 3.21. The van der Waals surface area contributed by atoms with Gasteiger partial charge in [-0.15, -0.1) is 0 Å². The molecular formula is C30H38N2O6S. The first-order chi connectivity index (χ1) is 18.4. The van der Waals surface area contributed by atoms with Crippen molar-refractivity contribution in [1.82, 2.24) is 9.62 Å². The maximum Gasteiger partial charge on any atom is 0.308 e. The fraction of sp³-hybridized carbons (Fsp3) is 0.567. The SMILES string of the molecule is CC(=O)Oc1ccc2c3c1O[C@H]1[C@@H](NS(=O)(=O)Cc4ccccc4CC(C)C)CC[C@@]4(O)[C@@H](C2)N(C)CC[C@]314. The average molecular weight is 555 g/mol. The molecule has 2 aliphatic carbocycles. The van der Waals surface area contributed by atoms with Crippen molar-refractivity contribution in [1.29, 1.82) is 0 Å². The van der Waals surface area contributed by atoms with E-state index in [0.717, 1.165) is 35.2 Å². The van der Waals surface area contributed by atoms with Crippen LogP contribution >= 0.6 is 0 Å². The molecule has 2 bridgehead atoms. The fourth-order valence-electron chi connectivity index (χ4n) is 7.91. The van der Waals surface area contributed by atoms with Crippen molar-refractivity contribution < 1.29 is 27.8 Å². The fourth-order valence-corrected chi connectivity index (χ4v) is 9.39. The zero-order chi connectivity index (χ0) is 27.7. The molecule has 1 saturated carbocycles. The number of sulfonamides is 1. The molecule has 5 atom stereocenters. The summed E-state index contributed by atoms with van der Waals surface area (Å²) in [6.07, 6.45) is 2.39. The van der Waals surface area contributed by atoms with Crippen LogP contribution in [0.2, 0.25) is 0 Å². The van der Waals surface area contributed by atoms with Crippen molar-refractivity contribution in [3.63, 3.8) is 0 Å². The van der Waals surface area contributed by atoms with Gasteiger partial charge in [0.15, 0.2) is 11.5 Å². The topological polar surface area (TPSA) is 105 Å². The third-order valence-corrected chi connectivity index (χ3v) is 10.7. The van der Waals surface area contributed by atoms with Crippen molar-refractivity contribution >= 4 is 16.0 Å². The molecule has 2 aliphatic heterocycles. The number of nitrogens with zero attached hydrogens (tertiary/aromatic N) is 1. The van der Waals surface area contributed by atoms with Crippen LogP contribution in [0.5, 0.6) is 11.5 Å². The van der Waals surface area contributed by atoms with Crippen molar-refractivity contribution in [3.8, 4) is 11.5 Å². The normalized spacial score (nSPS) is 31.1. The smallest absolute Gasteiger partial charge is 0.308 e. The monoisotopic (exact) mass is 554 g/mol. The van der Waals surface area contributed by atoms with Crippen LogP contribution in [0.3, 0.4) is 0 Å². The molecule has 210 valence electrons. The highest BCUT2D eigenvalue weighted by Crippen LogP contribution is 2.65. The van der Waals surface area contributed by atoms with Crippen molar-refractivity contribution in [2.24, 2.45) is 5.92 Å². The van der Waals surface area contributed by atoms with E-state index in [1.807, 2.05) is 37.4 Å². The van der Waals surface area contributed by atoms with Gasteiger partial charge in [-0.05, 0) is 74.4 Å². The van der Waals surface area contributed by atoms with E-state index in [1.165, 1.54) is 6.92 Å².